The van der Waals surface area contributed by atoms with E-state index in [-0.39, 0.29) is 5.78 Å². The van der Waals surface area contributed by atoms with E-state index >= 15 is 0 Å². The maximum Gasteiger partial charge on any atom is 0.163 e. The minimum atomic E-state index is 0.0690. The Morgan fingerprint density at radius 1 is 1.50 bits per heavy atom. The Morgan fingerprint density at radius 2 is 2.19 bits per heavy atom. The molecule has 0 aliphatic rings. The molecule has 1 rings (SSSR count). The molecule has 0 amide bonds. The maximum absolute atomic E-state index is 11.4. The number of hydrogen-bond acceptors (Lipinski definition) is 3. The summed E-state index contributed by atoms with van der Waals surface area (Å²) in [4.78, 5) is 17.8. The van der Waals surface area contributed by atoms with Gasteiger partial charge in [-0.1, -0.05) is 13.8 Å². The molecule has 1 heterocycles. The number of pyridine rings is 1. The molecule has 88 valence electrons. The summed E-state index contributed by atoms with van der Waals surface area (Å²) in [6, 6.07) is 3.63. The van der Waals surface area contributed by atoms with Crippen LogP contribution in [-0.4, -0.2) is 24.4 Å². The molecule has 0 spiro atoms. The lowest BCUT2D eigenvalue weighted by Gasteiger charge is -2.21. The van der Waals surface area contributed by atoms with Gasteiger partial charge in [0.1, 0.15) is 5.82 Å². The second-order valence-electron chi connectivity index (χ2n) is 4.53. The Morgan fingerprint density at radius 3 is 2.75 bits per heavy atom. The molecule has 0 atom stereocenters. The molecule has 0 bridgehead atoms. The molecular formula is C13H20N2O. The lowest BCUT2D eigenvalue weighted by Crippen LogP contribution is -2.23. The second-order valence-corrected chi connectivity index (χ2v) is 4.53. The third kappa shape index (κ3) is 3.33. The van der Waals surface area contributed by atoms with Gasteiger partial charge in [0.05, 0.1) is 5.56 Å². The molecule has 0 unspecified atom stereocenters. The Hall–Kier alpha value is -1.38. The number of Topliss-reactive ketones (excluding diaryl/α,β-unsaturated/α-hetero) is 1. The van der Waals surface area contributed by atoms with Crippen molar-refractivity contribution < 1.29 is 4.79 Å². The van der Waals surface area contributed by atoms with E-state index in [1.165, 1.54) is 0 Å². The van der Waals surface area contributed by atoms with E-state index in [2.05, 4.69) is 23.7 Å². The van der Waals surface area contributed by atoms with E-state index in [0.717, 1.165) is 18.8 Å². The van der Waals surface area contributed by atoms with E-state index in [9.17, 15) is 4.79 Å². The summed E-state index contributed by atoms with van der Waals surface area (Å²) in [6.45, 7) is 6.89. The van der Waals surface area contributed by atoms with Gasteiger partial charge in [-0.3, -0.25) is 4.79 Å². The molecule has 3 heteroatoms. The zero-order valence-corrected chi connectivity index (χ0v) is 10.5. The maximum atomic E-state index is 11.4. The normalized spacial score (nSPS) is 10.6. The van der Waals surface area contributed by atoms with Crippen molar-refractivity contribution in [2.75, 3.05) is 18.5 Å². The highest BCUT2D eigenvalue weighted by atomic mass is 16.1. The Bertz CT molecular complexity index is 361. The first-order valence-electron chi connectivity index (χ1n) is 5.69. The SMILES string of the molecule is CC(=O)c1cccnc1N(C)CCC(C)C. The first kappa shape index (κ1) is 12.7. The van der Waals surface area contributed by atoms with Crippen molar-refractivity contribution >= 4 is 11.6 Å². The van der Waals surface area contributed by atoms with Crippen LogP contribution in [0.25, 0.3) is 0 Å². The summed E-state index contributed by atoms with van der Waals surface area (Å²) in [5.74, 6) is 1.52. The minimum Gasteiger partial charge on any atom is -0.359 e. The van der Waals surface area contributed by atoms with Gasteiger partial charge in [-0.05, 0) is 31.4 Å². The van der Waals surface area contributed by atoms with Gasteiger partial charge < -0.3 is 4.90 Å². The van der Waals surface area contributed by atoms with Gasteiger partial charge in [0.2, 0.25) is 0 Å². The summed E-state index contributed by atoms with van der Waals surface area (Å²) in [6.07, 6.45) is 2.83. The Balaban J connectivity index is 2.82. The summed E-state index contributed by atoms with van der Waals surface area (Å²) in [7, 11) is 1.98. The fraction of sp³-hybridized carbons (Fsp3) is 0.538. The van der Waals surface area contributed by atoms with Gasteiger partial charge in [-0.15, -0.1) is 0 Å². The number of carbonyl (C=O) groups is 1. The van der Waals surface area contributed by atoms with Crippen LogP contribution in [0.3, 0.4) is 0 Å². The van der Waals surface area contributed by atoms with Crippen LogP contribution >= 0.6 is 0 Å². The van der Waals surface area contributed by atoms with Gasteiger partial charge >= 0.3 is 0 Å². The van der Waals surface area contributed by atoms with Gasteiger partial charge in [0.15, 0.2) is 5.78 Å². The van der Waals surface area contributed by atoms with Gasteiger partial charge in [0.25, 0.3) is 0 Å². The summed E-state index contributed by atoms with van der Waals surface area (Å²) >= 11 is 0. The molecule has 0 aliphatic carbocycles. The van der Waals surface area contributed by atoms with Gasteiger partial charge in [0, 0.05) is 19.8 Å². The quantitative estimate of drug-likeness (QED) is 0.715. The molecule has 0 aliphatic heterocycles. The van der Waals surface area contributed by atoms with Crippen LogP contribution in [0.4, 0.5) is 5.82 Å². The van der Waals surface area contributed by atoms with Crippen LogP contribution in [0.5, 0.6) is 0 Å². The average molecular weight is 220 g/mol. The van der Waals surface area contributed by atoms with E-state index in [1.807, 2.05) is 13.1 Å². The highest BCUT2D eigenvalue weighted by Crippen LogP contribution is 2.17. The zero-order valence-electron chi connectivity index (χ0n) is 10.5. The third-order valence-electron chi connectivity index (χ3n) is 2.57. The third-order valence-corrected chi connectivity index (χ3v) is 2.57. The predicted octanol–water partition coefficient (Wildman–Crippen LogP) is 2.77. The van der Waals surface area contributed by atoms with Gasteiger partial charge in [-0.2, -0.15) is 0 Å². The molecule has 0 saturated heterocycles. The number of rotatable bonds is 5. The number of carbonyl (C=O) groups excluding carboxylic acids is 1. The smallest absolute Gasteiger partial charge is 0.163 e. The topological polar surface area (TPSA) is 33.2 Å². The fourth-order valence-corrected chi connectivity index (χ4v) is 1.53. The van der Waals surface area contributed by atoms with Crippen molar-refractivity contribution in [3.05, 3.63) is 23.9 Å². The lowest BCUT2D eigenvalue weighted by molar-refractivity contribution is 0.101. The van der Waals surface area contributed by atoms with Crippen LogP contribution in [0.15, 0.2) is 18.3 Å². The van der Waals surface area contributed by atoms with Crippen molar-refractivity contribution in [2.24, 2.45) is 5.92 Å². The average Bonchev–Trinajstić information content (AvgIpc) is 2.25. The highest BCUT2D eigenvalue weighted by Gasteiger charge is 2.11. The fourth-order valence-electron chi connectivity index (χ4n) is 1.53. The van der Waals surface area contributed by atoms with Crippen LogP contribution < -0.4 is 4.90 Å². The van der Waals surface area contributed by atoms with Crippen molar-refractivity contribution in [1.82, 2.24) is 4.98 Å². The molecule has 0 radical (unpaired) electrons. The van der Waals surface area contributed by atoms with Crippen molar-refractivity contribution in [3.63, 3.8) is 0 Å². The molecule has 16 heavy (non-hydrogen) atoms. The Kier molecular flexibility index (Phi) is 4.47. The van der Waals surface area contributed by atoms with Crippen LogP contribution in [0.1, 0.15) is 37.6 Å². The molecule has 3 nitrogen and oxygen atoms in total. The van der Waals surface area contributed by atoms with Crippen molar-refractivity contribution in [2.45, 2.75) is 27.2 Å². The standard InChI is InChI=1S/C13H20N2O/c1-10(2)7-9-15(4)13-12(11(3)16)6-5-8-14-13/h5-6,8,10H,7,9H2,1-4H3. The molecule has 0 saturated carbocycles. The Labute approximate surface area is 97.5 Å². The first-order valence-corrected chi connectivity index (χ1v) is 5.69. The zero-order chi connectivity index (χ0) is 12.1. The molecule has 0 N–H and O–H groups in total. The highest BCUT2D eigenvalue weighted by molar-refractivity contribution is 5.98. The first-order chi connectivity index (χ1) is 7.52. The second kappa shape index (κ2) is 5.64. The minimum absolute atomic E-state index is 0.0690. The number of aromatic nitrogens is 1. The number of hydrogen-bond donors (Lipinski definition) is 0. The predicted molar refractivity (Wildman–Crippen MR) is 67.0 cm³/mol. The summed E-state index contributed by atoms with van der Waals surface area (Å²) < 4.78 is 0. The van der Waals surface area contributed by atoms with Crippen LogP contribution in [0, 0.1) is 5.92 Å². The van der Waals surface area contributed by atoms with Crippen LogP contribution in [0.2, 0.25) is 0 Å². The molecule has 1 aromatic heterocycles. The molecule has 0 aromatic carbocycles. The van der Waals surface area contributed by atoms with Crippen LogP contribution in [-0.2, 0) is 0 Å². The monoisotopic (exact) mass is 220 g/mol. The number of anilines is 1. The van der Waals surface area contributed by atoms with Gasteiger partial charge in [-0.25, -0.2) is 4.98 Å². The molecular weight excluding hydrogens is 200 g/mol. The van der Waals surface area contributed by atoms with E-state index in [4.69, 9.17) is 0 Å². The van der Waals surface area contributed by atoms with Crippen molar-refractivity contribution in [3.8, 4) is 0 Å². The van der Waals surface area contributed by atoms with E-state index in [0.29, 0.717) is 11.5 Å². The van der Waals surface area contributed by atoms with E-state index in [1.54, 1.807) is 19.2 Å². The number of nitrogens with zero attached hydrogens (tertiary/aromatic N) is 2. The van der Waals surface area contributed by atoms with E-state index < -0.39 is 0 Å². The lowest BCUT2D eigenvalue weighted by atomic mass is 10.1. The summed E-state index contributed by atoms with van der Waals surface area (Å²) in [5.41, 5.74) is 0.703. The number of ketones is 1. The largest absolute Gasteiger partial charge is 0.359 e. The molecule has 0 fully saturated rings. The summed E-state index contributed by atoms with van der Waals surface area (Å²) in [5, 5.41) is 0. The molecule has 1 aromatic rings. The van der Waals surface area contributed by atoms with Crippen molar-refractivity contribution in [1.29, 1.82) is 0 Å².